The van der Waals surface area contributed by atoms with Gasteiger partial charge in [0.05, 0.1) is 12.1 Å². The molecule has 2 aliphatic heterocycles. The van der Waals surface area contributed by atoms with Crippen LogP contribution in [0.3, 0.4) is 0 Å². The van der Waals surface area contributed by atoms with Crippen LogP contribution in [-0.2, 0) is 33.9 Å². The molecule has 4 nitrogen and oxygen atoms in total. The summed E-state index contributed by atoms with van der Waals surface area (Å²) in [6, 6.07) is 34.1. The Morgan fingerprint density at radius 3 is 1.36 bits per heavy atom. The zero-order chi connectivity index (χ0) is 28.1. The predicted molar refractivity (Wildman–Crippen MR) is 173 cm³/mol. The van der Waals surface area contributed by atoms with Crippen molar-refractivity contribution >= 4 is 11.7 Å². The molecule has 2 atom stereocenters. The summed E-state index contributed by atoms with van der Waals surface area (Å²) in [7, 11) is 0. The molecular formula is C38H45ClN4Pt-. The average molecular weight is 788 g/mol. The Hall–Kier alpha value is -2.42. The second kappa shape index (κ2) is 15.7. The number of aliphatic imine (C=N–C) groups is 2. The van der Waals surface area contributed by atoms with Gasteiger partial charge in [-0.05, 0) is 49.7 Å². The fourth-order valence-corrected chi connectivity index (χ4v) is 7.80. The van der Waals surface area contributed by atoms with E-state index in [1.54, 1.807) is 0 Å². The molecule has 0 aromatic heterocycles. The molecule has 0 N–H and O–H groups in total. The van der Waals surface area contributed by atoms with Gasteiger partial charge < -0.3 is 22.2 Å². The molecule has 2 saturated carbocycles. The molecule has 0 unspecified atom stereocenters. The van der Waals surface area contributed by atoms with Crippen LogP contribution in [0.4, 0.5) is 0 Å². The summed E-state index contributed by atoms with van der Waals surface area (Å²) in [5.74, 6) is 2.32. The summed E-state index contributed by atoms with van der Waals surface area (Å²) < 4.78 is 0. The van der Waals surface area contributed by atoms with Crippen molar-refractivity contribution in [2.24, 2.45) is 9.98 Å². The van der Waals surface area contributed by atoms with Gasteiger partial charge in [-0.3, -0.25) is 9.98 Å². The van der Waals surface area contributed by atoms with E-state index in [-0.39, 0.29) is 33.5 Å². The van der Waals surface area contributed by atoms with E-state index in [4.69, 9.17) is 9.98 Å². The summed E-state index contributed by atoms with van der Waals surface area (Å²) in [6.45, 7) is 2.03. The van der Waals surface area contributed by atoms with E-state index in [2.05, 4.69) is 94.7 Å². The van der Waals surface area contributed by atoms with Gasteiger partial charge in [0.1, 0.15) is 11.7 Å². The molecule has 0 amide bonds. The van der Waals surface area contributed by atoms with E-state index < -0.39 is 0 Å². The van der Waals surface area contributed by atoms with Crippen LogP contribution in [0.5, 0.6) is 0 Å². The van der Waals surface area contributed by atoms with Crippen LogP contribution in [0.2, 0.25) is 0 Å². The third-order valence-electron chi connectivity index (χ3n) is 9.90. The van der Waals surface area contributed by atoms with E-state index in [1.807, 2.05) is 0 Å². The molecule has 3 aromatic carbocycles. The van der Waals surface area contributed by atoms with Crippen LogP contribution in [0.15, 0.2) is 88.8 Å². The van der Waals surface area contributed by atoms with Crippen LogP contribution in [0.1, 0.15) is 86.5 Å². The Morgan fingerprint density at radius 2 is 0.955 bits per heavy atom. The minimum atomic E-state index is 0. The number of hydrogen-bond acceptors (Lipinski definition) is 4. The molecule has 0 saturated heterocycles. The van der Waals surface area contributed by atoms with Crippen molar-refractivity contribution in [2.75, 3.05) is 13.1 Å². The molecule has 7 rings (SSSR count). The summed E-state index contributed by atoms with van der Waals surface area (Å²) in [5.41, 5.74) is 5.04. The summed E-state index contributed by atoms with van der Waals surface area (Å²) >= 11 is 0. The fourth-order valence-electron chi connectivity index (χ4n) is 7.80. The Morgan fingerprint density at radius 1 is 0.545 bits per heavy atom. The van der Waals surface area contributed by atoms with Crippen LogP contribution < -0.4 is 12.4 Å². The molecule has 2 heterocycles. The van der Waals surface area contributed by atoms with Crippen molar-refractivity contribution in [1.82, 2.24) is 9.80 Å². The van der Waals surface area contributed by atoms with E-state index in [1.165, 1.54) is 75.3 Å². The molecule has 3 aromatic rings. The molecule has 2 fully saturated rings. The zero-order valence-corrected chi connectivity index (χ0v) is 28.7. The van der Waals surface area contributed by atoms with Gasteiger partial charge in [0.15, 0.2) is 0 Å². The van der Waals surface area contributed by atoms with Gasteiger partial charge >= 0.3 is 0 Å². The maximum absolute atomic E-state index is 5.42. The molecule has 44 heavy (non-hydrogen) atoms. The monoisotopic (exact) mass is 787 g/mol. The van der Waals surface area contributed by atoms with Gasteiger partial charge in [0.25, 0.3) is 0 Å². The average Bonchev–Trinajstić information content (AvgIpc) is 3.68. The molecule has 0 spiro atoms. The third-order valence-corrected chi connectivity index (χ3v) is 9.90. The number of benzene rings is 3. The van der Waals surface area contributed by atoms with Gasteiger partial charge in [0, 0.05) is 63.4 Å². The first-order valence-corrected chi connectivity index (χ1v) is 16.6. The first-order valence-electron chi connectivity index (χ1n) is 16.6. The number of rotatable bonds is 8. The fraction of sp³-hybridized carbons (Fsp3) is 0.474. The zero-order valence-electron chi connectivity index (χ0n) is 25.7. The van der Waals surface area contributed by atoms with Crippen molar-refractivity contribution in [3.8, 4) is 0 Å². The van der Waals surface area contributed by atoms with Gasteiger partial charge in [-0.25, -0.2) is 0 Å². The normalized spacial score (nSPS) is 22.6. The Bertz CT molecular complexity index is 1280. The van der Waals surface area contributed by atoms with Gasteiger partial charge in [-0.15, -0.1) is 0 Å². The molecule has 0 bridgehead atoms. The van der Waals surface area contributed by atoms with E-state index >= 15 is 0 Å². The van der Waals surface area contributed by atoms with Crippen LogP contribution >= 0.6 is 0 Å². The molecular weight excluding hydrogens is 743 g/mol. The first-order chi connectivity index (χ1) is 20.8. The van der Waals surface area contributed by atoms with Crippen molar-refractivity contribution < 1.29 is 33.5 Å². The maximum Gasteiger partial charge on any atom is 0.132 e. The quantitative estimate of drug-likeness (QED) is 0.337. The standard InChI is InChI=1S/C38H45N4.ClH.Pt/c1-5-14-29(15-6-1)24-33-27-41(35-20-9-3-10-21-35)37(39-33)31-18-13-19-32(26-31)38-40-34(25-30-16-7-2-8-17-30)28-42(38)36-22-11-4-12-23-36;;/h1-2,5-8,13-19,33-36H,3-4,9-12,20-25,27-28H2;1H;/p-1/t33-,34-;;/m0../s1. The van der Waals surface area contributed by atoms with E-state index in [0.29, 0.717) is 24.2 Å². The Balaban J connectivity index is 0.00000192. The molecule has 235 valence electrons. The second-order valence-corrected chi connectivity index (χ2v) is 13.0. The van der Waals surface area contributed by atoms with Crippen molar-refractivity contribution in [3.63, 3.8) is 0 Å². The van der Waals surface area contributed by atoms with Gasteiger partial charge in [-0.2, -0.15) is 0 Å². The van der Waals surface area contributed by atoms with Gasteiger partial charge in [0.2, 0.25) is 0 Å². The van der Waals surface area contributed by atoms with E-state index in [9.17, 15) is 0 Å². The van der Waals surface area contributed by atoms with Crippen LogP contribution in [0.25, 0.3) is 0 Å². The molecule has 6 heteroatoms. The SMILES string of the molecule is [Cl-].[Pt].[c]1c(C2=N[C@@H](Cc3ccccc3)CN2C2CCCCC2)cccc1C1=N[C@@H](Cc2ccccc2)CN1C1CCCCC1. The van der Waals surface area contributed by atoms with Crippen molar-refractivity contribution in [3.05, 3.63) is 107 Å². The predicted octanol–water partition coefficient (Wildman–Crippen LogP) is 4.50. The largest absolute Gasteiger partial charge is 1.00 e. The maximum atomic E-state index is 5.42. The molecule has 1 radical (unpaired) electrons. The molecule has 2 aliphatic carbocycles. The number of nitrogens with zero attached hydrogens (tertiary/aromatic N) is 4. The van der Waals surface area contributed by atoms with Crippen LogP contribution in [-0.4, -0.2) is 58.7 Å². The van der Waals surface area contributed by atoms with Crippen molar-refractivity contribution in [2.45, 2.75) is 101 Å². The molecule has 4 aliphatic rings. The summed E-state index contributed by atoms with van der Waals surface area (Å²) in [6.07, 6.45) is 15.2. The minimum Gasteiger partial charge on any atom is -1.00 e. The Kier molecular flexibility index (Phi) is 11.8. The number of halogens is 1. The second-order valence-electron chi connectivity index (χ2n) is 13.0. The summed E-state index contributed by atoms with van der Waals surface area (Å²) in [5, 5.41) is 0. The smallest absolute Gasteiger partial charge is 0.132 e. The van der Waals surface area contributed by atoms with Gasteiger partial charge in [-0.1, -0.05) is 117 Å². The number of hydrogen-bond donors (Lipinski definition) is 0. The summed E-state index contributed by atoms with van der Waals surface area (Å²) in [4.78, 5) is 16.1. The first kappa shape index (κ1) is 33.0. The van der Waals surface area contributed by atoms with E-state index in [0.717, 1.165) is 48.7 Å². The Labute approximate surface area is 285 Å². The third kappa shape index (κ3) is 7.68. The topological polar surface area (TPSA) is 31.2 Å². The van der Waals surface area contributed by atoms with Crippen molar-refractivity contribution in [1.29, 1.82) is 0 Å². The minimum absolute atomic E-state index is 0. The number of amidine groups is 2. The van der Waals surface area contributed by atoms with Crippen LogP contribution in [0, 0.1) is 6.07 Å².